The van der Waals surface area contributed by atoms with Crippen LogP contribution in [0.3, 0.4) is 0 Å². The predicted octanol–water partition coefficient (Wildman–Crippen LogP) is 5.09. The molecule has 1 aliphatic heterocycles. The summed E-state index contributed by atoms with van der Waals surface area (Å²) in [5, 5.41) is 0. The van der Waals surface area contributed by atoms with Crippen molar-refractivity contribution in [3.8, 4) is 22.8 Å². The van der Waals surface area contributed by atoms with Gasteiger partial charge in [0.05, 0.1) is 5.69 Å². The molecule has 164 valence electrons. The molecular weight excluding hydrogens is 416 g/mol. The van der Waals surface area contributed by atoms with E-state index in [1.165, 1.54) is 5.57 Å². The number of pyridine rings is 1. The highest BCUT2D eigenvalue weighted by molar-refractivity contribution is 5.93. The molecule has 7 heteroatoms. The van der Waals surface area contributed by atoms with E-state index in [1.807, 2.05) is 18.2 Å². The molecule has 0 unspecified atom stereocenters. The number of benzene rings is 1. The van der Waals surface area contributed by atoms with Crippen LogP contribution in [0.25, 0.3) is 28.5 Å². The van der Waals surface area contributed by atoms with Crippen LogP contribution in [0, 0.1) is 0 Å². The van der Waals surface area contributed by atoms with E-state index in [9.17, 15) is 4.79 Å². The molecule has 1 aliphatic carbocycles. The highest BCUT2D eigenvalue weighted by atomic mass is 16.5. The first kappa shape index (κ1) is 20.5. The number of nitrogens with zero attached hydrogens (tertiary/aromatic N) is 2. The van der Waals surface area contributed by atoms with Crippen molar-refractivity contribution in [2.24, 2.45) is 5.73 Å². The van der Waals surface area contributed by atoms with E-state index in [0.29, 0.717) is 40.6 Å². The van der Waals surface area contributed by atoms with Crippen molar-refractivity contribution in [1.82, 2.24) is 15.0 Å². The number of H-pyrrole nitrogens is 1. The first-order valence-electron chi connectivity index (χ1n) is 10.7. The minimum atomic E-state index is -0.475. The molecule has 3 heterocycles. The summed E-state index contributed by atoms with van der Waals surface area (Å²) >= 11 is 0. The summed E-state index contributed by atoms with van der Waals surface area (Å²) in [4.78, 5) is 24.0. The molecule has 0 bridgehead atoms. The predicted molar refractivity (Wildman–Crippen MR) is 125 cm³/mol. The number of amides is 1. The maximum absolute atomic E-state index is 11.4. The van der Waals surface area contributed by atoms with Crippen LogP contribution in [0.4, 0.5) is 0 Å². The SMILES string of the molecule is NC(=O)c1ccc(-c2nc(-c3ccccn3)c(C3=COC=C(CC4=CC=CCC4)O3)[nH]2)cc1. The van der Waals surface area contributed by atoms with Gasteiger partial charge < -0.3 is 20.2 Å². The second-order valence-electron chi connectivity index (χ2n) is 7.74. The van der Waals surface area contributed by atoms with Crippen LogP contribution in [0.2, 0.25) is 0 Å². The van der Waals surface area contributed by atoms with Crippen molar-refractivity contribution < 1.29 is 14.3 Å². The molecule has 3 aromatic rings. The van der Waals surface area contributed by atoms with Gasteiger partial charge in [-0.2, -0.15) is 0 Å². The second-order valence-corrected chi connectivity index (χ2v) is 7.74. The van der Waals surface area contributed by atoms with E-state index in [4.69, 9.17) is 20.2 Å². The standard InChI is InChI=1S/C26H22N4O3/c27-25(31)18-9-11-19(12-10-18)26-29-23(21-8-4-5-13-28-21)24(30-26)22-16-32-15-20(33-22)14-17-6-2-1-3-7-17/h1-2,4-6,8-13,15-16H,3,7,14H2,(H2,27,31)(H,29,30). The summed E-state index contributed by atoms with van der Waals surface area (Å²) in [5.41, 5.74) is 9.88. The first-order valence-corrected chi connectivity index (χ1v) is 10.7. The van der Waals surface area contributed by atoms with Crippen LogP contribution in [0.5, 0.6) is 0 Å². The summed E-state index contributed by atoms with van der Waals surface area (Å²) in [6, 6.07) is 12.6. The zero-order valence-electron chi connectivity index (χ0n) is 17.8. The summed E-state index contributed by atoms with van der Waals surface area (Å²) in [6.45, 7) is 0. The van der Waals surface area contributed by atoms with E-state index in [1.54, 1.807) is 43.0 Å². The van der Waals surface area contributed by atoms with Crippen LogP contribution < -0.4 is 5.73 Å². The van der Waals surface area contributed by atoms with E-state index < -0.39 is 5.91 Å². The minimum absolute atomic E-state index is 0.434. The number of nitrogens with two attached hydrogens (primary N) is 1. The number of imidazole rings is 1. The third kappa shape index (κ3) is 4.48. The van der Waals surface area contributed by atoms with Crippen LogP contribution >= 0.6 is 0 Å². The van der Waals surface area contributed by atoms with Crippen molar-refractivity contribution in [2.45, 2.75) is 19.3 Å². The molecule has 2 aromatic heterocycles. The van der Waals surface area contributed by atoms with Crippen molar-refractivity contribution in [1.29, 1.82) is 0 Å². The Morgan fingerprint density at radius 3 is 2.73 bits per heavy atom. The lowest BCUT2D eigenvalue weighted by Gasteiger charge is -2.18. The number of hydrogen-bond acceptors (Lipinski definition) is 5. The number of hydrogen-bond donors (Lipinski definition) is 2. The largest absolute Gasteiger partial charge is 0.465 e. The van der Waals surface area contributed by atoms with Gasteiger partial charge in [-0.1, -0.05) is 42.0 Å². The quantitative estimate of drug-likeness (QED) is 0.558. The maximum Gasteiger partial charge on any atom is 0.248 e. The molecule has 5 rings (SSSR count). The van der Waals surface area contributed by atoms with Gasteiger partial charge in [0.1, 0.15) is 35.5 Å². The number of aromatic nitrogens is 3. The summed E-state index contributed by atoms with van der Waals surface area (Å²) in [6.07, 6.45) is 14.0. The topological polar surface area (TPSA) is 103 Å². The van der Waals surface area contributed by atoms with E-state index in [2.05, 4.69) is 28.2 Å². The average molecular weight is 438 g/mol. The molecule has 0 radical (unpaired) electrons. The number of allylic oxidation sites excluding steroid dienone is 4. The van der Waals surface area contributed by atoms with Crippen LogP contribution in [0.1, 0.15) is 35.3 Å². The second kappa shape index (κ2) is 9.00. The molecule has 0 saturated heterocycles. The molecule has 3 N–H and O–H groups in total. The molecule has 0 spiro atoms. The van der Waals surface area contributed by atoms with E-state index >= 15 is 0 Å². The van der Waals surface area contributed by atoms with Crippen molar-refractivity contribution >= 4 is 11.7 Å². The number of primary amides is 1. The molecule has 0 saturated carbocycles. The molecule has 1 aromatic carbocycles. The smallest absolute Gasteiger partial charge is 0.248 e. The fourth-order valence-electron chi connectivity index (χ4n) is 3.74. The van der Waals surface area contributed by atoms with Gasteiger partial charge in [-0.15, -0.1) is 0 Å². The highest BCUT2D eigenvalue weighted by Crippen LogP contribution is 2.34. The van der Waals surface area contributed by atoms with Gasteiger partial charge in [-0.05, 0) is 37.1 Å². The Morgan fingerprint density at radius 1 is 1.12 bits per heavy atom. The highest BCUT2D eigenvalue weighted by Gasteiger charge is 2.23. The Kier molecular flexibility index (Phi) is 5.59. The molecular formula is C26H22N4O3. The third-order valence-electron chi connectivity index (χ3n) is 5.42. The van der Waals surface area contributed by atoms with Crippen molar-refractivity contribution in [3.63, 3.8) is 0 Å². The first-order chi connectivity index (χ1) is 16.2. The number of ether oxygens (including phenoxy) is 2. The van der Waals surface area contributed by atoms with Crippen LogP contribution in [-0.4, -0.2) is 20.9 Å². The summed E-state index contributed by atoms with van der Waals surface area (Å²) < 4.78 is 11.8. The normalized spacial score (nSPS) is 15.1. The summed E-state index contributed by atoms with van der Waals surface area (Å²) in [7, 11) is 0. The monoisotopic (exact) mass is 438 g/mol. The molecule has 1 amide bonds. The minimum Gasteiger partial charge on any atom is -0.465 e. The molecule has 7 nitrogen and oxygen atoms in total. The number of nitrogens with one attached hydrogen (secondary N) is 1. The van der Waals surface area contributed by atoms with Gasteiger partial charge >= 0.3 is 0 Å². The fraction of sp³-hybridized carbons (Fsp3) is 0.115. The summed E-state index contributed by atoms with van der Waals surface area (Å²) in [5.74, 6) is 1.38. The lowest BCUT2D eigenvalue weighted by molar-refractivity contribution is 0.100. The average Bonchev–Trinajstić information content (AvgIpc) is 3.31. The van der Waals surface area contributed by atoms with Crippen molar-refractivity contribution in [3.05, 3.63) is 102 Å². The van der Waals surface area contributed by atoms with Crippen LogP contribution in [0.15, 0.2) is 90.7 Å². The molecule has 2 aliphatic rings. The fourth-order valence-corrected chi connectivity index (χ4v) is 3.74. The van der Waals surface area contributed by atoms with Gasteiger partial charge in [-0.3, -0.25) is 9.78 Å². The van der Waals surface area contributed by atoms with Gasteiger partial charge in [0.2, 0.25) is 5.91 Å². The lowest BCUT2D eigenvalue weighted by atomic mass is 10.0. The van der Waals surface area contributed by atoms with Crippen LogP contribution in [-0.2, 0) is 9.47 Å². The lowest BCUT2D eigenvalue weighted by Crippen LogP contribution is -2.10. The number of aromatic amines is 1. The number of carbonyl (C=O) groups excluding carboxylic acids is 1. The molecule has 0 fully saturated rings. The van der Waals surface area contributed by atoms with E-state index in [-0.39, 0.29) is 0 Å². The Balaban J connectivity index is 1.48. The number of rotatable bonds is 6. The Morgan fingerprint density at radius 2 is 2.00 bits per heavy atom. The van der Waals surface area contributed by atoms with E-state index in [0.717, 1.165) is 24.2 Å². The number of carbonyl (C=O) groups is 1. The van der Waals surface area contributed by atoms with Gasteiger partial charge in [-0.25, -0.2) is 4.98 Å². The zero-order chi connectivity index (χ0) is 22.6. The zero-order valence-corrected chi connectivity index (χ0v) is 17.8. The maximum atomic E-state index is 11.4. The third-order valence-corrected chi connectivity index (χ3v) is 5.42. The Hall–Kier alpha value is -4.39. The van der Waals surface area contributed by atoms with Gasteiger partial charge in [0.25, 0.3) is 0 Å². The Labute approximate surface area is 191 Å². The van der Waals surface area contributed by atoms with Gasteiger partial charge in [0, 0.05) is 23.7 Å². The molecule has 33 heavy (non-hydrogen) atoms. The van der Waals surface area contributed by atoms with Crippen molar-refractivity contribution in [2.75, 3.05) is 0 Å². The Bertz CT molecular complexity index is 1300. The molecule has 0 atom stereocenters. The van der Waals surface area contributed by atoms with Gasteiger partial charge in [0.15, 0.2) is 5.76 Å².